The highest BCUT2D eigenvalue weighted by Gasteiger charge is 2.08. The van der Waals surface area contributed by atoms with Gasteiger partial charge in [0.05, 0.1) is 0 Å². The molecule has 0 aliphatic heterocycles. The molecule has 0 aromatic heterocycles. The Kier molecular flexibility index (Phi) is 5.49. The molecule has 0 fully saturated rings. The molecular formula is C7H15NOS. The van der Waals surface area contributed by atoms with Gasteiger partial charge in [0.15, 0.2) is 0 Å². The molecule has 0 aromatic rings. The minimum Gasteiger partial charge on any atom is -0.350 e. The molecule has 2 nitrogen and oxygen atoms in total. The third-order valence-electron chi connectivity index (χ3n) is 1.39. The van der Waals surface area contributed by atoms with E-state index in [1.165, 1.54) is 11.8 Å². The van der Waals surface area contributed by atoms with Crippen LogP contribution in [0.4, 0.5) is 4.79 Å². The van der Waals surface area contributed by atoms with Crippen molar-refractivity contribution in [3.05, 3.63) is 0 Å². The van der Waals surface area contributed by atoms with E-state index in [9.17, 15) is 4.79 Å². The fourth-order valence-electron chi connectivity index (χ4n) is 0.666. The largest absolute Gasteiger partial charge is 0.350 e. The average Bonchev–Trinajstić information content (AvgIpc) is 1.99. The Morgan fingerprint density at radius 1 is 1.50 bits per heavy atom. The van der Waals surface area contributed by atoms with E-state index in [0.717, 1.165) is 12.8 Å². The average molecular weight is 161 g/mol. The number of hydrogen-bond acceptors (Lipinski definition) is 2. The van der Waals surface area contributed by atoms with Gasteiger partial charge >= 0.3 is 0 Å². The van der Waals surface area contributed by atoms with Gasteiger partial charge in [0.2, 0.25) is 0 Å². The van der Waals surface area contributed by atoms with Crippen LogP contribution in [0.25, 0.3) is 0 Å². The summed E-state index contributed by atoms with van der Waals surface area (Å²) in [7, 11) is 1.66. The SMILES string of the molecule is CCC(CC)SC(=O)NC. The molecule has 0 aromatic carbocycles. The molecular weight excluding hydrogens is 146 g/mol. The predicted molar refractivity (Wildman–Crippen MR) is 46.4 cm³/mol. The number of carbonyl (C=O) groups is 1. The second kappa shape index (κ2) is 5.59. The maximum absolute atomic E-state index is 10.8. The zero-order valence-electron chi connectivity index (χ0n) is 6.81. The lowest BCUT2D eigenvalue weighted by Crippen LogP contribution is -2.15. The third-order valence-corrected chi connectivity index (χ3v) is 2.81. The van der Waals surface area contributed by atoms with Crippen LogP contribution >= 0.6 is 11.8 Å². The fourth-order valence-corrected chi connectivity index (χ4v) is 1.42. The second-order valence-electron chi connectivity index (χ2n) is 2.09. The van der Waals surface area contributed by atoms with Crippen molar-refractivity contribution in [3.8, 4) is 0 Å². The summed E-state index contributed by atoms with van der Waals surface area (Å²) in [4.78, 5) is 10.8. The van der Waals surface area contributed by atoms with Crippen LogP contribution < -0.4 is 5.32 Å². The summed E-state index contributed by atoms with van der Waals surface area (Å²) in [6.07, 6.45) is 2.13. The van der Waals surface area contributed by atoms with Gasteiger partial charge in [-0.25, -0.2) is 0 Å². The molecule has 0 heterocycles. The summed E-state index contributed by atoms with van der Waals surface area (Å²) in [6, 6.07) is 0. The lowest BCUT2D eigenvalue weighted by atomic mass is 10.3. The Morgan fingerprint density at radius 3 is 2.30 bits per heavy atom. The normalized spacial score (nSPS) is 10.0. The molecule has 0 atom stereocenters. The van der Waals surface area contributed by atoms with E-state index < -0.39 is 0 Å². The highest BCUT2D eigenvalue weighted by atomic mass is 32.2. The van der Waals surface area contributed by atoms with Crippen LogP contribution in [0.3, 0.4) is 0 Å². The summed E-state index contributed by atoms with van der Waals surface area (Å²) in [6.45, 7) is 4.20. The van der Waals surface area contributed by atoms with Gasteiger partial charge in [-0.2, -0.15) is 0 Å². The van der Waals surface area contributed by atoms with Crippen molar-refractivity contribution in [2.45, 2.75) is 31.9 Å². The number of rotatable bonds is 3. The van der Waals surface area contributed by atoms with Gasteiger partial charge in [0.25, 0.3) is 5.24 Å². The van der Waals surface area contributed by atoms with Crippen molar-refractivity contribution in [1.82, 2.24) is 5.32 Å². The molecule has 0 bridgehead atoms. The van der Waals surface area contributed by atoms with Gasteiger partial charge in [-0.15, -0.1) is 0 Å². The van der Waals surface area contributed by atoms with Gasteiger partial charge in [-0.3, -0.25) is 4.79 Å². The second-order valence-corrected chi connectivity index (χ2v) is 3.37. The van der Waals surface area contributed by atoms with Gasteiger partial charge in [0, 0.05) is 12.3 Å². The molecule has 0 spiro atoms. The van der Waals surface area contributed by atoms with E-state index in [2.05, 4.69) is 19.2 Å². The van der Waals surface area contributed by atoms with Crippen LogP contribution in [-0.2, 0) is 0 Å². The van der Waals surface area contributed by atoms with E-state index in [0.29, 0.717) is 5.25 Å². The van der Waals surface area contributed by atoms with Gasteiger partial charge in [-0.1, -0.05) is 25.6 Å². The Morgan fingerprint density at radius 2 is 2.00 bits per heavy atom. The fraction of sp³-hybridized carbons (Fsp3) is 0.857. The smallest absolute Gasteiger partial charge is 0.279 e. The number of thioether (sulfide) groups is 1. The van der Waals surface area contributed by atoms with Crippen molar-refractivity contribution in [2.75, 3.05) is 7.05 Å². The van der Waals surface area contributed by atoms with E-state index in [4.69, 9.17) is 0 Å². The first-order valence-corrected chi connectivity index (χ1v) is 4.50. The number of amides is 1. The molecule has 0 saturated heterocycles. The molecule has 60 valence electrons. The van der Waals surface area contributed by atoms with Crippen molar-refractivity contribution in [2.24, 2.45) is 0 Å². The molecule has 0 rings (SSSR count). The first-order valence-electron chi connectivity index (χ1n) is 3.62. The van der Waals surface area contributed by atoms with Gasteiger partial charge in [0.1, 0.15) is 0 Å². The van der Waals surface area contributed by atoms with Crippen LogP contribution in [-0.4, -0.2) is 17.5 Å². The quantitative estimate of drug-likeness (QED) is 0.688. The molecule has 0 aliphatic rings. The summed E-state index contributed by atoms with van der Waals surface area (Å²) in [5.41, 5.74) is 0. The van der Waals surface area contributed by atoms with Crippen LogP contribution in [0.5, 0.6) is 0 Å². The highest BCUT2D eigenvalue weighted by molar-refractivity contribution is 8.14. The Bertz CT molecular complexity index is 102. The minimum atomic E-state index is 0.0775. The maximum Gasteiger partial charge on any atom is 0.279 e. The summed E-state index contributed by atoms with van der Waals surface area (Å²) >= 11 is 1.39. The van der Waals surface area contributed by atoms with Crippen molar-refractivity contribution < 1.29 is 4.79 Å². The van der Waals surface area contributed by atoms with Gasteiger partial charge in [-0.05, 0) is 12.8 Å². The predicted octanol–water partition coefficient (Wildman–Crippen LogP) is 2.25. The van der Waals surface area contributed by atoms with Gasteiger partial charge < -0.3 is 5.32 Å². The molecule has 0 saturated carbocycles. The topological polar surface area (TPSA) is 29.1 Å². The van der Waals surface area contributed by atoms with Crippen LogP contribution in [0.15, 0.2) is 0 Å². The lowest BCUT2D eigenvalue weighted by molar-refractivity contribution is 0.262. The first kappa shape index (κ1) is 9.82. The summed E-state index contributed by atoms with van der Waals surface area (Å²) in [5, 5.41) is 3.15. The van der Waals surface area contributed by atoms with Crippen LogP contribution in [0.2, 0.25) is 0 Å². The first-order chi connectivity index (χ1) is 4.74. The number of hydrogen-bond donors (Lipinski definition) is 1. The van der Waals surface area contributed by atoms with Crippen molar-refractivity contribution in [3.63, 3.8) is 0 Å². The minimum absolute atomic E-state index is 0.0775. The van der Waals surface area contributed by atoms with Crippen molar-refractivity contribution in [1.29, 1.82) is 0 Å². The highest BCUT2D eigenvalue weighted by Crippen LogP contribution is 2.17. The monoisotopic (exact) mass is 161 g/mol. The Labute approximate surface area is 66.8 Å². The zero-order chi connectivity index (χ0) is 7.98. The third kappa shape index (κ3) is 3.77. The number of carbonyl (C=O) groups excluding carboxylic acids is 1. The maximum atomic E-state index is 10.8. The van der Waals surface area contributed by atoms with E-state index >= 15 is 0 Å². The molecule has 10 heavy (non-hydrogen) atoms. The molecule has 0 unspecified atom stereocenters. The van der Waals surface area contributed by atoms with Crippen LogP contribution in [0.1, 0.15) is 26.7 Å². The summed E-state index contributed by atoms with van der Waals surface area (Å²) < 4.78 is 0. The Balaban J connectivity index is 3.52. The van der Waals surface area contributed by atoms with E-state index in [1.54, 1.807) is 7.05 Å². The standard InChI is InChI=1S/C7H15NOS/c1-4-6(5-2)10-7(9)8-3/h6H,4-5H2,1-3H3,(H,8,9). The van der Waals surface area contributed by atoms with Crippen molar-refractivity contribution >= 4 is 17.0 Å². The van der Waals surface area contributed by atoms with Crippen LogP contribution in [0, 0.1) is 0 Å². The Hall–Kier alpha value is -0.180. The number of nitrogens with one attached hydrogen (secondary N) is 1. The molecule has 0 aliphatic carbocycles. The van der Waals surface area contributed by atoms with E-state index in [-0.39, 0.29) is 5.24 Å². The molecule has 1 amide bonds. The molecule has 0 radical (unpaired) electrons. The van der Waals surface area contributed by atoms with E-state index in [1.807, 2.05) is 0 Å². The zero-order valence-corrected chi connectivity index (χ0v) is 7.62. The lowest BCUT2D eigenvalue weighted by Gasteiger charge is -2.08. The summed E-state index contributed by atoms with van der Waals surface area (Å²) in [5.74, 6) is 0. The molecule has 3 heteroatoms. The molecule has 1 N–H and O–H groups in total.